The quantitative estimate of drug-likeness (QED) is 0.320. The van der Waals surface area contributed by atoms with Crippen molar-refractivity contribution in [2.24, 2.45) is 23.2 Å². The van der Waals surface area contributed by atoms with Crippen LogP contribution in [0.4, 0.5) is 0 Å². The number of hydrogen-bond acceptors (Lipinski definition) is 3. The van der Waals surface area contributed by atoms with Gasteiger partial charge in [0.25, 0.3) is 0 Å². The van der Waals surface area contributed by atoms with E-state index >= 15 is 0 Å². The number of carbonyl (C=O) groups is 1. The van der Waals surface area contributed by atoms with Gasteiger partial charge in [0, 0.05) is 12.5 Å². The van der Waals surface area contributed by atoms with E-state index in [0.29, 0.717) is 35.7 Å². The SMILES string of the molecule is C=C1CC[C@H](O[Si](C)(C)C(C)(C)C)C/C1=C/C=C1CCC[C@@]2(C)C1CC[C@@H]2[C@H](C)CCC(=O)C(C)(C)O. The molecule has 5 atom stereocenters. The average Bonchev–Trinajstić information content (AvgIpc) is 3.13. The Balaban J connectivity index is 1.70. The Morgan fingerprint density at radius 3 is 2.46 bits per heavy atom. The first-order valence-corrected chi connectivity index (χ1v) is 17.9. The van der Waals surface area contributed by atoms with Crippen molar-refractivity contribution in [3.63, 3.8) is 0 Å². The molecule has 3 fully saturated rings. The Bertz CT molecular complexity index is 913. The maximum Gasteiger partial charge on any atom is 0.192 e. The van der Waals surface area contributed by atoms with Crippen molar-refractivity contribution in [1.82, 2.24) is 0 Å². The summed E-state index contributed by atoms with van der Waals surface area (Å²) in [6, 6.07) is 0. The molecule has 0 bridgehead atoms. The number of Topliss-reactive ketones (excluding diaryl/α,β-unsaturated/α-hetero) is 1. The second kappa shape index (κ2) is 11.3. The lowest BCUT2D eigenvalue weighted by molar-refractivity contribution is -0.134. The Labute approximate surface area is 229 Å². The molecule has 3 aliphatic carbocycles. The van der Waals surface area contributed by atoms with Crippen LogP contribution in [0.5, 0.6) is 0 Å². The topological polar surface area (TPSA) is 46.5 Å². The van der Waals surface area contributed by atoms with Gasteiger partial charge in [-0.15, -0.1) is 0 Å². The predicted molar refractivity (Wildman–Crippen MR) is 159 cm³/mol. The first-order valence-electron chi connectivity index (χ1n) is 15.0. The molecule has 0 saturated heterocycles. The van der Waals surface area contributed by atoms with Gasteiger partial charge in [0.15, 0.2) is 14.1 Å². The first-order chi connectivity index (χ1) is 17.0. The molecule has 0 heterocycles. The standard InChI is InChI=1S/C33H56O3Si/c1-23-13-17-27(36-37(9,10)31(3,4)5)22-26(23)16-15-25-12-11-21-33(8)28(18-19-29(25)33)24(2)14-20-30(34)32(6,7)35/h15-16,24,27-29,35H,1,11-14,17-22H2,2-10H3/b25-15?,26-16-/t24-,27+,28-,29?,33-/m1/s1. The van der Waals surface area contributed by atoms with E-state index in [4.69, 9.17) is 4.43 Å². The van der Waals surface area contributed by atoms with Crippen molar-refractivity contribution >= 4 is 14.1 Å². The largest absolute Gasteiger partial charge is 0.414 e. The summed E-state index contributed by atoms with van der Waals surface area (Å²) in [7, 11) is -1.78. The maximum absolute atomic E-state index is 12.3. The van der Waals surface area contributed by atoms with Gasteiger partial charge in [0.1, 0.15) is 5.60 Å². The number of carbonyl (C=O) groups excluding carboxylic acids is 1. The third-order valence-electron chi connectivity index (χ3n) is 10.7. The molecule has 0 aliphatic heterocycles. The van der Waals surface area contributed by atoms with Crippen LogP contribution in [-0.4, -0.2) is 30.9 Å². The van der Waals surface area contributed by atoms with E-state index < -0.39 is 13.9 Å². The third kappa shape index (κ3) is 6.97. The molecule has 3 nitrogen and oxygen atoms in total. The fraction of sp³-hybridized carbons (Fsp3) is 0.788. The summed E-state index contributed by atoms with van der Waals surface area (Å²) >= 11 is 0. The molecule has 1 unspecified atom stereocenters. The molecule has 4 heteroatoms. The van der Waals surface area contributed by atoms with E-state index in [2.05, 4.69) is 66.4 Å². The number of allylic oxidation sites excluding steroid dienone is 4. The summed E-state index contributed by atoms with van der Waals surface area (Å²) in [5.74, 6) is 1.77. The molecule has 0 aromatic heterocycles. The molecule has 0 aromatic carbocycles. The highest BCUT2D eigenvalue weighted by Crippen LogP contribution is 2.60. The summed E-state index contributed by atoms with van der Waals surface area (Å²) in [4.78, 5) is 12.3. The van der Waals surface area contributed by atoms with Crippen molar-refractivity contribution in [1.29, 1.82) is 0 Å². The van der Waals surface area contributed by atoms with E-state index in [1.807, 2.05) is 0 Å². The van der Waals surface area contributed by atoms with E-state index in [9.17, 15) is 9.90 Å². The molecular weight excluding hydrogens is 472 g/mol. The molecule has 37 heavy (non-hydrogen) atoms. The van der Waals surface area contributed by atoms with Crippen molar-refractivity contribution in [3.05, 3.63) is 35.5 Å². The molecule has 210 valence electrons. The van der Waals surface area contributed by atoms with E-state index in [1.165, 1.54) is 43.3 Å². The van der Waals surface area contributed by atoms with Gasteiger partial charge in [-0.3, -0.25) is 4.79 Å². The zero-order chi connectivity index (χ0) is 27.8. The molecule has 0 aromatic rings. The molecular formula is C33H56O3Si. The minimum absolute atomic E-state index is 0.0292. The number of rotatable bonds is 8. The minimum atomic E-state index is -1.78. The number of hydrogen-bond donors (Lipinski definition) is 1. The monoisotopic (exact) mass is 528 g/mol. The van der Waals surface area contributed by atoms with Crippen LogP contribution in [0.3, 0.4) is 0 Å². The van der Waals surface area contributed by atoms with Crippen molar-refractivity contribution in [2.75, 3.05) is 0 Å². The van der Waals surface area contributed by atoms with E-state index in [-0.39, 0.29) is 10.8 Å². The fourth-order valence-corrected chi connectivity index (χ4v) is 8.54. The zero-order valence-corrected chi connectivity index (χ0v) is 26.5. The Kier molecular flexibility index (Phi) is 9.30. The van der Waals surface area contributed by atoms with Crippen LogP contribution < -0.4 is 0 Å². The van der Waals surface area contributed by atoms with Crippen molar-refractivity contribution in [2.45, 2.75) is 143 Å². The summed E-state index contributed by atoms with van der Waals surface area (Å²) in [6.45, 7) is 24.2. The first kappa shape index (κ1) is 30.6. The zero-order valence-electron chi connectivity index (χ0n) is 25.5. The van der Waals surface area contributed by atoms with Gasteiger partial charge in [0.05, 0.1) is 0 Å². The fourth-order valence-electron chi connectivity index (χ4n) is 7.16. The molecule has 1 N–H and O–H groups in total. The smallest absolute Gasteiger partial charge is 0.192 e. The summed E-state index contributed by atoms with van der Waals surface area (Å²) in [6.07, 6.45) is 15.9. The minimum Gasteiger partial charge on any atom is -0.414 e. The summed E-state index contributed by atoms with van der Waals surface area (Å²) in [5.41, 5.74) is 3.41. The highest BCUT2D eigenvalue weighted by Gasteiger charge is 2.50. The van der Waals surface area contributed by atoms with E-state index in [1.54, 1.807) is 19.4 Å². The van der Waals surface area contributed by atoms with Gasteiger partial charge in [-0.05, 0) is 119 Å². The lowest BCUT2D eigenvalue weighted by Crippen LogP contribution is -2.44. The van der Waals surface area contributed by atoms with Crippen LogP contribution in [-0.2, 0) is 9.22 Å². The Hall–Kier alpha value is -0.973. The highest BCUT2D eigenvalue weighted by molar-refractivity contribution is 6.74. The van der Waals surface area contributed by atoms with Crippen LogP contribution in [0.1, 0.15) is 113 Å². The molecule has 0 spiro atoms. The molecule has 3 rings (SSSR count). The molecule has 0 radical (unpaired) electrons. The van der Waals surface area contributed by atoms with Crippen LogP contribution in [0, 0.1) is 23.2 Å². The number of fused-ring (bicyclic) bond motifs is 1. The predicted octanol–water partition coefficient (Wildman–Crippen LogP) is 8.94. The van der Waals surface area contributed by atoms with Gasteiger partial charge >= 0.3 is 0 Å². The number of aliphatic hydroxyl groups is 1. The second-order valence-electron chi connectivity index (χ2n) is 14.9. The Morgan fingerprint density at radius 1 is 1.16 bits per heavy atom. The molecule has 3 saturated carbocycles. The lowest BCUT2D eigenvalue weighted by Gasteiger charge is -2.44. The van der Waals surface area contributed by atoms with Crippen LogP contribution in [0.2, 0.25) is 18.1 Å². The second-order valence-corrected chi connectivity index (χ2v) is 19.6. The van der Waals surface area contributed by atoms with Crippen LogP contribution in [0.15, 0.2) is 35.5 Å². The normalized spacial score (nSPS) is 32.6. The highest BCUT2D eigenvalue weighted by atomic mass is 28.4. The van der Waals surface area contributed by atoms with Gasteiger partial charge in [-0.2, -0.15) is 0 Å². The summed E-state index contributed by atoms with van der Waals surface area (Å²) < 4.78 is 6.80. The maximum atomic E-state index is 12.3. The van der Waals surface area contributed by atoms with Gasteiger partial charge < -0.3 is 9.53 Å². The van der Waals surface area contributed by atoms with Crippen LogP contribution in [0.25, 0.3) is 0 Å². The van der Waals surface area contributed by atoms with E-state index in [0.717, 1.165) is 25.7 Å². The number of ketones is 1. The van der Waals surface area contributed by atoms with Crippen LogP contribution >= 0.6 is 0 Å². The molecule has 0 amide bonds. The molecule has 3 aliphatic rings. The lowest BCUT2D eigenvalue weighted by atomic mass is 9.60. The Morgan fingerprint density at radius 2 is 1.84 bits per heavy atom. The van der Waals surface area contributed by atoms with Crippen molar-refractivity contribution < 1.29 is 14.3 Å². The van der Waals surface area contributed by atoms with Gasteiger partial charge in [-0.1, -0.05) is 64.5 Å². The average molecular weight is 529 g/mol. The van der Waals surface area contributed by atoms with Crippen molar-refractivity contribution in [3.8, 4) is 0 Å². The summed E-state index contributed by atoms with van der Waals surface area (Å²) in [5, 5.41) is 10.3. The van der Waals surface area contributed by atoms with Gasteiger partial charge in [-0.25, -0.2) is 0 Å². The third-order valence-corrected chi connectivity index (χ3v) is 15.2. The van der Waals surface area contributed by atoms with Gasteiger partial charge in [0.2, 0.25) is 0 Å².